The summed E-state index contributed by atoms with van der Waals surface area (Å²) in [6, 6.07) is -0.0248. The Morgan fingerprint density at radius 3 is 2.68 bits per heavy atom. The smallest absolute Gasteiger partial charge is 0.331 e. The number of carbonyl (C=O) groups excluding carboxylic acids is 2. The maximum absolute atomic E-state index is 13.4. The van der Waals surface area contributed by atoms with Crippen LogP contribution in [0.5, 0.6) is 0 Å². The third-order valence-electron chi connectivity index (χ3n) is 7.05. The number of esters is 1. The second kappa shape index (κ2) is 6.87. The molecule has 2 fully saturated rings. The van der Waals surface area contributed by atoms with E-state index in [1.807, 2.05) is 0 Å². The molecule has 7 atom stereocenters. The lowest BCUT2D eigenvalue weighted by Gasteiger charge is -2.45. The molecule has 152 valence electrons. The topological polar surface area (TPSA) is 67.9 Å². The maximum atomic E-state index is 13.4. The minimum absolute atomic E-state index is 0.0166. The average Bonchev–Trinajstić information content (AvgIpc) is 3.31. The highest BCUT2D eigenvalue weighted by Gasteiger charge is 2.65. The Morgan fingerprint density at radius 2 is 1.96 bits per heavy atom. The fraction of sp³-hybridized carbons (Fsp3) is 0.652. The van der Waals surface area contributed by atoms with Gasteiger partial charge in [0.05, 0.1) is 6.10 Å². The molecule has 0 radical (unpaired) electrons. The van der Waals surface area contributed by atoms with Gasteiger partial charge in [-0.25, -0.2) is 4.79 Å². The SMILES string of the molecule is CC1=C[C@@H]2/C=C(\C)CCC3OC3/C=C/C(=O)O[C@]23C(=O)NC(C(C)C)[C@@H]3[C@@H]1C. The van der Waals surface area contributed by atoms with Crippen LogP contribution < -0.4 is 5.32 Å². The molecule has 4 rings (SSSR count). The molecule has 0 aromatic carbocycles. The number of rotatable bonds is 1. The van der Waals surface area contributed by atoms with Gasteiger partial charge in [-0.05, 0) is 44.6 Å². The summed E-state index contributed by atoms with van der Waals surface area (Å²) in [6.45, 7) is 10.6. The molecule has 1 N–H and O–H groups in total. The van der Waals surface area contributed by atoms with Crippen molar-refractivity contribution in [2.75, 3.05) is 0 Å². The van der Waals surface area contributed by atoms with Crippen LogP contribution in [0.25, 0.3) is 0 Å². The summed E-state index contributed by atoms with van der Waals surface area (Å²) in [7, 11) is 0. The van der Waals surface area contributed by atoms with Gasteiger partial charge in [0.2, 0.25) is 5.60 Å². The van der Waals surface area contributed by atoms with Gasteiger partial charge in [-0.1, -0.05) is 44.1 Å². The van der Waals surface area contributed by atoms with Gasteiger partial charge in [0.15, 0.2) is 0 Å². The first-order chi connectivity index (χ1) is 13.2. The molecule has 3 aliphatic heterocycles. The number of hydrogen-bond donors (Lipinski definition) is 1. The Kier molecular flexibility index (Phi) is 4.77. The van der Waals surface area contributed by atoms with E-state index in [0.29, 0.717) is 0 Å². The number of amides is 1. The van der Waals surface area contributed by atoms with Crippen molar-refractivity contribution in [3.05, 3.63) is 35.5 Å². The van der Waals surface area contributed by atoms with Crippen molar-refractivity contribution in [1.82, 2.24) is 5.32 Å². The Morgan fingerprint density at radius 1 is 1.21 bits per heavy atom. The van der Waals surface area contributed by atoms with Crippen LogP contribution in [-0.4, -0.2) is 35.7 Å². The molecule has 1 amide bonds. The summed E-state index contributed by atoms with van der Waals surface area (Å²) in [6.07, 6.45) is 9.49. The van der Waals surface area contributed by atoms with Crippen molar-refractivity contribution in [1.29, 1.82) is 0 Å². The highest BCUT2D eigenvalue weighted by Crippen LogP contribution is 2.51. The van der Waals surface area contributed by atoms with Crippen LogP contribution in [-0.2, 0) is 19.1 Å². The Bertz CT molecular complexity index is 779. The number of carbonyl (C=O) groups is 2. The van der Waals surface area contributed by atoms with Gasteiger partial charge >= 0.3 is 5.97 Å². The van der Waals surface area contributed by atoms with Crippen molar-refractivity contribution in [3.8, 4) is 0 Å². The minimum Gasteiger partial charge on any atom is -0.444 e. The molecular weight excluding hydrogens is 354 g/mol. The molecule has 0 aromatic rings. The molecule has 0 saturated carbocycles. The number of fused-ring (bicyclic) bond motifs is 1. The van der Waals surface area contributed by atoms with E-state index < -0.39 is 11.6 Å². The lowest BCUT2D eigenvalue weighted by atomic mass is 9.62. The lowest BCUT2D eigenvalue weighted by molar-refractivity contribution is -0.172. The molecule has 1 spiro atoms. The maximum Gasteiger partial charge on any atom is 0.331 e. The quantitative estimate of drug-likeness (QED) is 0.427. The van der Waals surface area contributed by atoms with Gasteiger partial charge in [0.1, 0.15) is 6.10 Å². The van der Waals surface area contributed by atoms with Crippen LogP contribution in [0.3, 0.4) is 0 Å². The van der Waals surface area contributed by atoms with Gasteiger partial charge in [0.25, 0.3) is 5.91 Å². The molecule has 3 heterocycles. The average molecular weight is 386 g/mol. The summed E-state index contributed by atoms with van der Waals surface area (Å²) in [5.41, 5.74) is 1.26. The van der Waals surface area contributed by atoms with Crippen molar-refractivity contribution >= 4 is 11.9 Å². The van der Waals surface area contributed by atoms with Gasteiger partial charge in [-0.3, -0.25) is 4.79 Å². The van der Waals surface area contributed by atoms with Crippen LogP contribution in [0.2, 0.25) is 0 Å². The molecule has 2 saturated heterocycles. The largest absolute Gasteiger partial charge is 0.444 e. The van der Waals surface area contributed by atoms with E-state index in [-0.39, 0.29) is 47.8 Å². The standard InChI is InChI=1S/C23H31NO4/c1-12(2)21-20-15(5)14(4)11-16-10-13(3)6-7-17-18(27-17)8-9-19(25)28-23(16,20)22(26)24-21/h8-12,15-18,20-21H,6-7H2,1-5H3,(H,24,26)/b9-8+,13-10+/t15-,16+,17?,18?,20+,21?,23-/m1/s1. The zero-order chi connectivity index (χ0) is 20.2. The fourth-order valence-corrected chi connectivity index (χ4v) is 5.30. The van der Waals surface area contributed by atoms with E-state index in [1.165, 1.54) is 17.2 Å². The minimum atomic E-state index is -1.19. The molecule has 0 aromatic heterocycles. The first-order valence-electron chi connectivity index (χ1n) is 10.5. The normalized spacial score (nSPS) is 45.8. The molecule has 0 bridgehead atoms. The zero-order valence-electron chi connectivity index (χ0n) is 17.4. The van der Waals surface area contributed by atoms with Gasteiger partial charge in [-0.2, -0.15) is 0 Å². The first-order valence-corrected chi connectivity index (χ1v) is 10.5. The van der Waals surface area contributed by atoms with Crippen LogP contribution >= 0.6 is 0 Å². The molecule has 5 heteroatoms. The summed E-state index contributed by atoms with van der Waals surface area (Å²) in [4.78, 5) is 26.1. The number of epoxide rings is 1. The van der Waals surface area contributed by atoms with E-state index in [4.69, 9.17) is 9.47 Å². The van der Waals surface area contributed by atoms with Gasteiger partial charge in [-0.15, -0.1) is 0 Å². The summed E-state index contributed by atoms with van der Waals surface area (Å²) in [5, 5.41) is 3.17. The Labute approximate surface area is 167 Å². The third kappa shape index (κ3) is 3.04. The van der Waals surface area contributed by atoms with E-state index in [0.717, 1.165) is 12.8 Å². The summed E-state index contributed by atoms with van der Waals surface area (Å²) in [5.74, 6) is -0.578. The molecule has 1 aliphatic carbocycles. The number of hydrogen-bond acceptors (Lipinski definition) is 4. The van der Waals surface area contributed by atoms with Crippen LogP contribution in [0.15, 0.2) is 35.5 Å². The Balaban J connectivity index is 1.83. The molecule has 3 unspecified atom stereocenters. The fourth-order valence-electron chi connectivity index (χ4n) is 5.30. The predicted octanol–water partition coefficient (Wildman–Crippen LogP) is 3.31. The van der Waals surface area contributed by atoms with E-state index in [9.17, 15) is 9.59 Å². The summed E-state index contributed by atoms with van der Waals surface area (Å²) >= 11 is 0. The monoisotopic (exact) mass is 385 g/mol. The Hall–Kier alpha value is -1.88. The number of ether oxygens (including phenoxy) is 2. The zero-order valence-corrected chi connectivity index (χ0v) is 17.4. The highest BCUT2D eigenvalue weighted by molar-refractivity contribution is 5.94. The van der Waals surface area contributed by atoms with Crippen molar-refractivity contribution in [2.45, 2.75) is 71.3 Å². The number of nitrogens with one attached hydrogen (secondary N) is 1. The molecule has 5 nitrogen and oxygen atoms in total. The first kappa shape index (κ1) is 19.4. The second-order valence-corrected chi connectivity index (χ2v) is 9.26. The van der Waals surface area contributed by atoms with Crippen LogP contribution in [0.1, 0.15) is 47.5 Å². The van der Waals surface area contributed by atoms with Crippen LogP contribution in [0, 0.1) is 23.7 Å². The number of allylic oxidation sites excluding steroid dienone is 2. The van der Waals surface area contributed by atoms with Gasteiger partial charge < -0.3 is 14.8 Å². The van der Waals surface area contributed by atoms with Crippen molar-refractivity contribution in [2.24, 2.45) is 23.7 Å². The van der Waals surface area contributed by atoms with Gasteiger partial charge in [0, 0.05) is 24.0 Å². The second-order valence-electron chi connectivity index (χ2n) is 9.26. The highest BCUT2D eigenvalue weighted by atomic mass is 16.6. The van der Waals surface area contributed by atoms with Crippen molar-refractivity contribution in [3.63, 3.8) is 0 Å². The third-order valence-corrected chi connectivity index (χ3v) is 7.05. The van der Waals surface area contributed by atoms with E-state index >= 15 is 0 Å². The van der Waals surface area contributed by atoms with E-state index in [2.05, 4.69) is 52.1 Å². The summed E-state index contributed by atoms with van der Waals surface area (Å²) < 4.78 is 11.7. The lowest BCUT2D eigenvalue weighted by Crippen LogP contribution is -2.56. The van der Waals surface area contributed by atoms with Crippen molar-refractivity contribution < 1.29 is 19.1 Å². The molecule has 4 aliphatic rings. The molecule has 28 heavy (non-hydrogen) atoms. The van der Waals surface area contributed by atoms with E-state index in [1.54, 1.807) is 6.08 Å². The predicted molar refractivity (Wildman–Crippen MR) is 106 cm³/mol. The molecular formula is C23H31NO4. The van der Waals surface area contributed by atoms with Crippen LogP contribution in [0.4, 0.5) is 0 Å².